The van der Waals surface area contributed by atoms with Gasteiger partial charge < -0.3 is 5.32 Å². The fourth-order valence-electron chi connectivity index (χ4n) is 3.69. The van der Waals surface area contributed by atoms with E-state index in [-0.39, 0.29) is 11.2 Å². The lowest BCUT2D eigenvalue weighted by atomic mass is 9.95. The number of nitrogens with one attached hydrogen (secondary N) is 1. The van der Waals surface area contributed by atoms with Gasteiger partial charge in [0, 0.05) is 0 Å². The summed E-state index contributed by atoms with van der Waals surface area (Å²) in [5, 5.41) is 2.40. The molecule has 2 aliphatic carbocycles. The topological polar surface area (TPSA) is 54.9 Å². The smallest absolute Gasteiger partial charge is 0.262 e. The van der Waals surface area contributed by atoms with Crippen LogP contribution in [-0.4, -0.2) is 15.9 Å². The summed E-state index contributed by atoms with van der Waals surface area (Å²) in [6.45, 7) is 2.13. The first kappa shape index (κ1) is 15.9. The van der Waals surface area contributed by atoms with E-state index in [1.165, 1.54) is 42.7 Å². The summed E-state index contributed by atoms with van der Waals surface area (Å²) < 4.78 is 27.3. The summed E-state index contributed by atoms with van der Waals surface area (Å²) in [6, 6.07) is 3.29. The number of anilines is 1. The van der Waals surface area contributed by atoms with Gasteiger partial charge in [0.25, 0.3) is 5.91 Å². The predicted molar refractivity (Wildman–Crippen MR) is 89.8 cm³/mol. The maximum absolute atomic E-state index is 13.7. The molecule has 1 aromatic carbocycles. The molecule has 1 fully saturated rings. The van der Waals surface area contributed by atoms with Crippen molar-refractivity contribution in [1.29, 1.82) is 0 Å². The molecule has 4 nitrogen and oxygen atoms in total. The van der Waals surface area contributed by atoms with Gasteiger partial charge in [0.15, 0.2) is 5.82 Å². The molecule has 0 bridgehead atoms. The lowest BCUT2D eigenvalue weighted by molar-refractivity contribution is 0.101. The lowest BCUT2D eigenvalue weighted by Gasteiger charge is -2.13. The molecule has 1 heterocycles. The Morgan fingerprint density at radius 1 is 1.12 bits per heavy atom. The predicted octanol–water partition coefficient (Wildman–Crippen LogP) is 4.35. The van der Waals surface area contributed by atoms with Crippen molar-refractivity contribution in [3.05, 3.63) is 59.1 Å². The molecule has 128 valence electrons. The van der Waals surface area contributed by atoms with Gasteiger partial charge in [0.1, 0.15) is 17.2 Å². The van der Waals surface area contributed by atoms with E-state index in [0.717, 1.165) is 24.2 Å². The van der Waals surface area contributed by atoms with Crippen LogP contribution in [0.2, 0.25) is 0 Å². The van der Waals surface area contributed by atoms with E-state index in [9.17, 15) is 13.6 Å². The Labute approximate surface area is 144 Å². The third kappa shape index (κ3) is 2.71. The number of amides is 1. The fraction of sp³-hybridized carbons (Fsp3) is 0.316. The molecule has 0 atom stereocenters. The van der Waals surface area contributed by atoms with E-state index < -0.39 is 23.1 Å². The third-order valence-electron chi connectivity index (χ3n) is 5.13. The minimum absolute atomic E-state index is 0.164. The third-order valence-corrected chi connectivity index (χ3v) is 5.13. The number of carbonyl (C=O) groups excluding carboxylic acids is 1. The van der Waals surface area contributed by atoms with Crippen molar-refractivity contribution in [3.8, 4) is 0 Å². The van der Waals surface area contributed by atoms with Crippen molar-refractivity contribution >= 4 is 17.3 Å². The normalized spacial score (nSPS) is 17.9. The first-order chi connectivity index (χ1) is 12.0. The first-order valence-corrected chi connectivity index (χ1v) is 8.28. The Morgan fingerprint density at radius 3 is 2.44 bits per heavy atom. The number of carbonyl (C=O) groups is 1. The molecular formula is C19H17F2N3O. The summed E-state index contributed by atoms with van der Waals surface area (Å²) in [7, 11) is 0. The van der Waals surface area contributed by atoms with E-state index in [2.05, 4.69) is 22.2 Å². The summed E-state index contributed by atoms with van der Waals surface area (Å²) in [5.41, 5.74) is 3.09. The summed E-state index contributed by atoms with van der Waals surface area (Å²) in [4.78, 5) is 20.7. The van der Waals surface area contributed by atoms with Crippen molar-refractivity contribution in [2.24, 2.45) is 5.41 Å². The van der Waals surface area contributed by atoms with Gasteiger partial charge in [-0.25, -0.2) is 13.8 Å². The van der Waals surface area contributed by atoms with Crippen LogP contribution in [0.4, 0.5) is 14.6 Å². The second-order valence-electron chi connectivity index (χ2n) is 6.77. The van der Waals surface area contributed by atoms with Crippen molar-refractivity contribution in [1.82, 2.24) is 9.97 Å². The van der Waals surface area contributed by atoms with Crippen molar-refractivity contribution in [2.75, 3.05) is 5.32 Å². The van der Waals surface area contributed by atoms with Crippen molar-refractivity contribution < 1.29 is 13.6 Å². The van der Waals surface area contributed by atoms with Gasteiger partial charge in [-0.15, -0.1) is 0 Å². The molecule has 2 aliphatic rings. The second kappa shape index (κ2) is 5.72. The van der Waals surface area contributed by atoms with E-state index in [0.29, 0.717) is 0 Å². The van der Waals surface area contributed by atoms with Crippen LogP contribution < -0.4 is 5.32 Å². The van der Waals surface area contributed by atoms with Crippen LogP contribution >= 0.6 is 0 Å². The number of halogens is 2. The van der Waals surface area contributed by atoms with E-state index in [4.69, 9.17) is 0 Å². The van der Waals surface area contributed by atoms with Gasteiger partial charge in [-0.3, -0.25) is 9.78 Å². The number of benzene rings is 1. The average Bonchev–Trinajstić information content (AvgIpc) is 3.27. The van der Waals surface area contributed by atoms with Crippen LogP contribution in [0.3, 0.4) is 0 Å². The molecule has 25 heavy (non-hydrogen) atoms. The lowest BCUT2D eigenvalue weighted by Crippen LogP contribution is -2.17. The average molecular weight is 341 g/mol. The molecule has 0 saturated heterocycles. The number of hydrogen-bond donors (Lipinski definition) is 1. The van der Waals surface area contributed by atoms with Gasteiger partial charge in [-0.05, 0) is 55.7 Å². The largest absolute Gasteiger partial charge is 0.305 e. The molecule has 4 rings (SSSR count). The van der Waals surface area contributed by atoms with Gasteiger partial charge in [0.05, 0.1) is 18.1 Å². The molecule has 0 aliphatic heterocycles. The quantitative estimate of drug-likeness (QED) is 0.903. The van der Waals surface area contributed by atoms with Crippen LogP contribution in [0.5, 0.6) is 0 Å². The molecule has 1 amide bonds. The number of nitrogens with zero attached hydrogens (tertiary/aromatic N) is 2. The zero-order chi connectivity index (χ0) is 17.6. The maximum atomic E-state index is 13.7. The monoisotopic (exact) mass is 341 g/mol. The SMILES string of the molecule is CC1=C(c2cnc(NC(=O)c3c(F)cccc3F)cn2)C2(CC1)CC2. The molecule has 1 N–H and O–H groups in total. The highest BCUT2D eigenvalue weighted by molar-refractivity contribution is 6.04. The minimum Gasteiger partial charge on any atom is -0.305 e. The number of hydrogen-bond acceptors (Lipinski definition) is 3. The zero-order valence-corrected chi connectivity index (χ0v) is 13.8. The van der Waals surface area contributed by atoms with Gasteiger partial charge in [-0.1, -0.05) is 11.6 Å². The van der Waals surface area contributed by atoms with Crippen LogP contribution in [0.15, 0.2) is 36.2 Å². The Balaban J connectivity index is 1.55. The van der Waals surface area contributed by atoms with Crippen LogP contribution in [-0.2, 0) is 0 Å². The van der Waals surface area contributed by atoms with E-state index in [1.54, 1.807) is 6.20 Å². The van der Waals surface area contributed by atoms with Gasteiger partial charge in [-0.2, -0.15) is 0 Å². The Morgan fingerprint density at radius 2 is 1.84 bits per heavy atom. The fourth-order valence-corrected chi connectivity index (χ4v) is 3.69. The minimum atomic E-state index is -0.913. The highest BCUT2D eigenvalue weighted by Gasteiger charge is 2.50. The zero-order valence-electron chi connectivity index (χ0n) is 13.8. The molecule has 0 radical (unpaired) electrons. The molecule has 2 aromatic rings. The number of aromatic nitrogens is 2. The molecule has 1 spiro atoms. The molecule has 1 saturated carbocycles. The maximum Gasteiger partial charge on any atom is 0.262 e. The summed E-state index contributed by atoms with van der Waals surface area (Å²) in [6.07, 6.45) is 7.68. The summed E-state index contributed by atoms with van der Waals surface area (Å²) >= 11 is 0. The summed E-state index contributed by atoms with van der Waals surface area (Å²) in [5.74, 6) is -2.54. The Kier molecular flexibility index (Phi) is 3.63. The van der Waals surface area contributed by atoms with E-state index in [1.807, 2.05) is 0 Å². The van der Waals surface area contributed by atoms with Crippen LogP contribution in [0.1, 0.15) is 48.7 Å². The number of rotatable bonds is 3. The van der Waals surface area contributed by atoms with Crippen molar-refractivity contribution in [2.45, 2.75) is 32.6 Å². The van der Waals surface area contributed by atoms with Crippen LogP contribution in [0.25, 0.3) is 5.57 Å². The second-order valence-corrected chi connectivity index (χ2v) is 6.77. The van der Waals surface area contributed by atoms with E-state index >= 15 is 0 Å². The molecule has 1 aromatic heterocycles. The van der Waals surface area contributed by atoms with Crippen molar-refractivity contribution in [3.63, 3.8) is 0 Å². The first-order valence-electron chi connectivity index (χ1n) is 8.28. The molecular weight excluding hydrogens is 324 g/mol. The Hall–Kier alpha value is -2.63. The molecule has 6 heteroatoms. The standard InChI is InChI=1S/C19H17F2N3O/c1-11-5-6-19(7-8-19)17(11)14-9-23-15(10-22-14)24-18(25)16-12(20)3-2-4-13(16)21/h2-4,9-10H,5-8H2,1H3,(H,23,24,25). The van der Waals surface area contributed by atoms with Crippen LogP contribution in [0, 0.1) is 17.0 Å². The van der Waals surface area contributed by atoms with Gasteiger partial charge >= 0.3 is 0 Å². The number of allylic oxidation sites excluding steroid dienone is 2. The highest BCUT2D eigenvalue weighted by Crippen LogP contribution is 2.63. The Bertz CT molecular complexity index is 866. The van der Waals surface area contributed by atoms with Gasteiger partial charge in [0.2, 0.25) is 0 Å². The highest BCUT2D eigenvalue weighted by atomic mass is 19.1. The molecule has 0 unspecified atom stereocenters.